The van der Waals surface area contributed by atoms with Crippen molar-refractivity contribution in [3.8, 4) is 17.0 Å². The number of nitrogens with one attached hydrogen (secondary N) is 2. The average Bonchev–Trinajstić information content (AvgIpc) is 2.94. The van der Waals surface area contributed by atoms with E-state index in [9.17, 15) is 9.59 Å². The van der Waals surface area contributed by atoms with Gasteiger partial charge < -0.3 is 14.6 Å². The number of ether oxygens (including phenoxy) is 2. The minimum absolute atomic E-state index is 0.0250. The molecule has 8 heteroatoms. The molecule has 1 amide bonds. The van der Waals surface area contributed by atoms with Gasteiger partial charge in [-0.3, -0.25) is 10.4 Å². The van der Waals surface area contributed by atoms with E-state index in [1.165, 1.54) is 13.2 Å². The molecule has 0 radical (unpaired) electrons. The van der Waals surface area contributed by atoms with Crippen LogP contribution in [0.1, 0.15) is 31.3 Å². The number of hydrogen-bond acceptors (Lipinski definition) is 5. The number of H-pyrrole nitrogens is 1. The maximum atomic E-state index is 11.8. The van der Waals surface area contributed by atoms with Crippen LogP contribution in [-0.2, 0) is 4.74 Å². The monoisotopic (exact) mass is 333 g/mol. The fourth-order valence-corrected chi connectivity index (χ4v) is 1.97. The lowest BCUT2D eigenvalue weighted by Gasteiger charge is -2.20. The van der Waals surface area contributed by atoms with Crippen molar-refractivity contribution in [2.75, 3.05) is 12.4 Å². The maximum Gasteiger partial charge on any atom is 0.412 e. The van der Waals surface area contributed by atoms with Gasteiger partial charge in [0.05, 0.1) is 12.8 Å². The summed E-state index contributed by atoms with van der Waals surface area (Å²) >= 11 is 0. The van der Waals surface area contributed by atoms with Crippen LogP contribution in [0.2, 0.25) is 0 Å². The first kappa shape index (κ1) is 17.3. The zero-order valence-corrected chi connectivity index (χ0v) is 13.8. The number of carbonyl (C=O) groups excluding carboxylic acids is 1. The summed E-state index contributed by atoms with van der Waals surface area (Å²) in [6.07, 6.45) is -0.578. The fourth-order valence-electron chi connectivity index (χ4n) is 1.97. The molecule has 8 nitrogen and oxygen atoms in total. The van der Waals surface area contributed by atoms with Gasteiger partial charge in [-0.15, -0.1) is 0 Å². The Kier molecular flexibility index (Phi) is 4.77. The Bertz CT molecular complexity index is 761. The molecule has 2 aromatic rings. The smallest absolute Gasteiger partial charge is 0.412 e. The van der Waals surface area contributed by atoms with Crippen LogP contribution in [0.3, 0.4) is 0 Å². The summed E-state index contributed by atoms with van der Waals surface area (Å²) in [5.74, 6) is -0.664. The van der Waals surface area contributed by atoms with Gasteiger partial charge in [0.25, 0.3) is 0 Å². The lowest BCUT2D eigenvalue weighted by atomic mass is 10.1. The van der Waals surface area contributed by atoms with E-state index in [1.807, 2.05) is 0 Å². The molecule has 128 valence electrons. The molecule has 1 aromatic carbocycles. The summed E-state index contributed by atoms with van der Waals surface area (Å²) in [5.41, 5.74) is 0.877. The molecular formula is C16H19N3O5. The number of anilines is 1. The highest BCUT2D eigenvalue weighted by molar-refractivity contribution is 5.88. The van der Waals surface area contributed by atoms with Gasteiger partial charge in [0.2, 0.25) is 0 Å². The minimum Gasteiger partial charge on any atom is -0.496 e. The number of amides is 1. The second-order valence-corrected chi connectivity index (χ2v) is 6.01. The quantitative estimate of drug-likeness (QED) is 0.792. The standard InChI is InChI=1S/C16H19N3O5/c1-16(2,3)24-15(22)17-9-5-6-10(13(7-9)23-4)11-8-12(14(20)21)19-18-11/h5-8H,1-4H3,(H,17,22)(H,18,19)(H,20,21). The second-order valence-electron chi connectivity index (χ2n) is 6.01. The van der Waals surface area contributed by atoms with Crippen molar-refractivity contribution in [2.45, 2.75) is 26.4 Å². The van der Waals surface area contributed by atoms with Crippen LogP contribution in [0.5, 0.6) is 5.75 Å². The molecule has 0 atom stereocenters. The molecule has 0 unspecified atom stereocenters. The van der Waals surface area contributed by atoms with Crippen molar-refractivity contribution in [1.82, 2.24) is 10.2 Å². The van der Waals surface area contributed by atoms with E-state index in [4.69, 9.17) is 14.6 Å². The van der Waals surface area contributed by atoms with Gasteiger partial charge in [-0.1, -0.05) is 0 Å². The van der Waals surface area contributed by atoms with Crippen molar-refractivity contribution in [2.24, 2.45) is 0 Å². The molecule has 0 aliphatic rings. The van der Waals surface area contributed by atoms with E-state index in [0.717, 1.165) is 0 Å². The Morgan fingerprint density at radius 3 is 2.50 bits per heavy atom. The SMILES string of the molecule is COc1cc(NC(=O)OC(C)(C)C)ccc1-c1cc(C(=O)O)[nH]n1. The summed E-state index contributed by atoms with van der Waals surface area (Å²) in [6.45, 7) is 5.32. The Morgan fingerprint density at radius 1 is 1.25 bits per heavy atom. The summed E-state index contributed by atoms with van der Waals surface area (Å²) in [4.78, 5) is 22.7. The van der Waals surface area contributed by atoms with Gasteiger partial charge in [0.15, 0.2) is 0 Å². The average molecular weight is 333 g/mol. The first-order chi connectivity index (χ1) is 11.2. The van der Waals surface area contributed by atoms with E-state index in [0.29, 0.717) is 22.7 Å². The minimum atomic E-state index is -1.10. The van der Waals surface area contributed by atoms with Crippen LogP contribution in [0.25, 0.3) is 11.3 Å². The van der Waals surface area contributed by atoms with Crippen LogP contribution in [0.15, 0.2) is 24.3 Å². The van der Waals surface area contributed by atoms with E-state index in [2.05, 4.69) is 15.5 Å². The second kappa shape index (κ2) is 6.61. The molecule has 0 spiro atoms. The van der Waals surface area contributed by atoms with Gasteiger partial charge in [-0.25, -0.2) is 9.59 Å². The van der Waals surface area contributed by atoms with E-state index in [1.54, 1.807) is 39.0 Å². The molecule has 0 aliphatic carbocycles. The third kappa shape index (κ3) is 4.25. The number of aromatic amines is 1. The Morgan fingerprint density at radius 2 is 1.96 bits per heavy atom. The summed E-state index contributed by atoms with van der Waals surface area (Å²) in [5, 5.41) is 17.9. The number of methoxy groups -OCH3 is 1. The zero-order valence-electron chi connectivity index (χ0n) is 13.8. The van der Waals surface area contributed by atoms with Crippen LogP contribution < -0.4 is 10.1 Å². The predicted octanol–water partition coefficient (Wildman–Crippen LogP) is 3.13. The van der Waals surface area contributed by atoms with Crippen LogP contribution in [0, 0.1) is 0 Å². The van der Waals surface area contributed by atoms with Crippen molar-refractivity contribution in [1.29, 1.82) is 0 Å². The molecule has 0 aliphatic heterocycles. The topological polar surface area (TPSA) is 114 Å². The molecular weight excluding hydrogens is 314 g/mol. The highest BCUT2D eigenvalue weighted by Gasteiger charge is 2.18. The van der Waals surface area contributed by atoms with Gasteiger partial charge >= 0.3 is 12.1 Å². The zero-order chi connectivity index (χ0) is 17.9. The first-order valence-electron chi connectivity index (χ1n) is 7.17. The fraction of sp³-hybridized carbons (Fsp3) is 0.312. The number of carboxylic acids is 1. The van der Waals surface area contributed by atoms with E-state index >= 15 is 0 Å². The summed E-state index contributed by atoms with van der Waals surface area (Å²) < 4.78 is 10.5. The number of nitrogens with zero attached hydrogens (tertiary/aromatic N) is 1. The molecule has 24 heavy (non-hydrogen) atoms. The van der Waals surface area contributed by atoms with Crippen molar-refractivity contribution >= 4 is 17.7 Å². The van der Waals surface area contributed by atoms with Crippen molar-refractivity contribution < 1.29 is 24.2 Å². The van der Waals surface area contributed by atoms with Crippen LogP contribution >= 0.6 is 0 Å². The summed E-state index contributed by atoms with van der Waals surface area (Å²) in [7, 11) is 1.47. The van der Waals surface area contributed by atoms with Gasteiger partial charge in [0.1, 0.15) is 17.0 Å². The highest BCUT2D eigenvalue weighted by atomic mass is 16.6. The van der Waals surface area contributed by atoms with E-state index < -0.39 is 17.7 Å². The molecule has 3 N–H and O–H groups in total. The summed E-state index contributed by atoms with van der Waals surface area (Å²) in [6, 6.07) is 6.33. The normalized spacial score (nSPS) is 11.0. The van der Waals surface area contributed by atoms with Crippen molar-refractivity contribution in [3.05, 3.63) is 30.0 Å². The lowest BCUT2D eigenvalue weighted by Crippen LogP contribution is -2.27. The van der Waals surface area contributed by atoms with Gasteiger partial charge in [0, 0.05) is 17.3 Å². The van der Waals surface area contributed by atoms with Crippen molar-refractivity contribution in [3.63, 3.8) is 0 Å². The molecule has 1 aromatic heterocycles. The van der Waals surface area contributed by atoms with E-state index in [-0.39, 0.29) is 5.69 Å². The third-order valence-corrected chi connectivity index (χ3v) is 2.93. The van der Waals surface area contributed by atoms with Gasteiger partial charge in [-0.2, -0.15) is 5.10 Å². The molecule has 0 saturated carbocycles. The highest BCUT2D eigenvalue weighted by Crippen LogP contribution is 2.31. The van der Waals surface area contributed by atoms with Gasteiger partial charge in [-0.05, 0) is 39.0 Å². The number of aromatic nitrogens is 2. The maximum absolute atomic E-state index is 11.8. The van der Waals surface area contributed by atoms with Crippen LogP contribution in [0.4, 0.5) is 10.5 Å². The Balaban J connectivity index is 2.24. The molecule has 0 bridgehead atoms. The number of rotatable bonds is 4. The molecule has 0 fully saturated rings. The third-order valence-electron chi connectivity index (χ3n) is 2.93. The number of hydrogen-bond donors (Lipinski definition) is 3. The molecule has 1 heterocycles. The number of aromatic carboxylic acids is 1. The number of carboxylic acid groups (broad SMARTS) is 1. The first-order valence-corrected chi connectivity index (χ1v) is 7.17. The lowest BCUT2D eigenvalue weighted by molar-refractivity contribution is 0.0634. The molecule has 0 saturated heterocycles. The Labute approximate surface area is 138 Å². The number of benzene rings is 1. The predicted molar refractivity (Wildman–Crippen MR) is 87.4 cm³/mol. The van der Waals surface area contributed by atoms with Crippen LogP contribution in [-0.4, -0.2) is 40.1 Å². The number of carbonyl (C=O) groups is 2. The Hall–Kier alpha value is -3.03. The largest absolute Gasteiger partial charge is 0.496 e. The molecule has 2 rings (SSSR count).